The minimum absolute atomic E-state index is 0.140. The summed E-state index contributed by atoms with van der Waals surface area (Å²) in [6.45, 7) is -0.720. The molecule has 3 heterocycles. The lowest BCUT2D eigenvalue weighted by Crippen LogP contribution is -2.46. The first kappa shape index (κ1) is 14.5. The van der Waals surface area contributed by atoms with Crippen molar-refractivity contribution in [1.82, 2.24) is 19.5 Å². The molecular formula is C11H13N7O4. The van der Waals surface area contributed by atoms with Crippen LogP contribution >= 0.6 is 0 Å². The van der Waals surface area contributed by atoms with E-state index in [1.54, 1.807) is 0 Å². The van der Waals surface area contributed by atoms with Gasteiger partial charge in [-0.1, -0.05) is 5.11 Å². The minimum atomic E-state index is -1.38. The Kier molecular flexibility index (Phi) is 3.54. The second kappa shape index (κ2) is 5.39. The van der Waals surface area contributed by atoms with Crippen LogP contribution in [0, 0.1) is 0 Å². The van der Waals surface area contributed by atoms with Gasteiger partial charge in [-0.2, -0.15) is 0 Å². The first-order chi connectivity index (χ1) is 10.6. The van der Waals surface area contributed by atoms with Gasteiger partial charge >= 0.3 is 0 Å². The van der Waals surface area contributed by atoms with E-state index in [-0.39, 0.29) is 24.0 Å². The Morgan fingerprint density at radius 1 is 1.64 bits per heavy atom. The largest absolute Gasteiger partial charge is 0.393 e. The van der Waals surface area contributed by atoms with Gasteiger partial charge < -0.3 is 19.9 Å². The molecule has 0 bridgehead atoms. The summed E-state index contributed by atoms with van der Waals surface area (Å²) in [7, 11) is 0. The molecule has 2 aromatic rings. The van der Waals surface area contributed by atoms with Crippen LogP contribution in [0.3, 0.4) is 0 Å². The third kappa shape index (κ3) is 2.12. The van der Waals surface area contributed by atoms with E-state index in [1.807, 2.05) is 0 Å². The van der Waals surface area contributed by atoms with Crippen LogP contribution in [0.1, 0.15) is 12.6 Å². The molecule has 0 aliphatic carbocycles. The minimum Gasteiger partial charge on any atom is -0.393 e. The lowest BCUT2D eigenvalue weighted by molar-refractivity contribution is -0.120. The summed E-state index contributed by atoms with van der Waals surface area (Å²) in [6, 6.07) is 0. The second-order valence-electron chi connectivity index (χ2n) is 4.99. The van der Waals surface area contributed by atoms with Crippen molar-refractivity contribution in [3.63, 3.8) is 0 Å². The Bertz CT molecular complexity index is 795. The third-order valence-corrected chi connectivity index (χ3v) is 3.75. The molecule has 0 saturated carbocycles. The van der Waals surface area contributed by atoms with Crippen LogP contribution in [0.2, 0.25) is 0 Å². The van der Waals surface area contributed by atoms with Crippen molar-refractivity contribution >= 4 is 11.2 Å². The highest BCUT2D eigenvalue weighted by molar-refractivity contribution is 5.68. The van der Waals surface area contributed by atoms with E-state index in [4.69, 9.17) is 10.3 Å². The Morgan fingerprint density at radius 3 is 3.18 bits per heavy atom. The second-order valence-corrected chi connectivity index (χ2v) is 4.99. The SMILES string of the molecule is [N-]=[N+]=NC[C@]1(CO)O[C@H](n2cnc3c(=O)[nH]cnc32)C[C@@H]1O. The molecule has 0 aromatic carbocycles. The molecule has 3 rings (SSSR count). The predicted octanol–water partition coefficient (Wildman–Crippen LogP) is -0.559. The molecule has 1 aliphatic rings. The molecule has 3 N–H and O–H groups in total. The zero-order valence-electron chi connectivity index (χ0n) is 11.3. The van der Waals surface area contributed by atoms with Crippen LogP contribution in [0.25, 0.3) is 21.6 Å². The van der Waals surface area contributed by atoms with E-state index in [9.17, 15) is 15.0 Å². The van der Waals surface area contributed by atoms with Crippen LogP contribution < -0.4 is 5.56 Å². The highest BCUT2D eigenvalue weighted by Gasteiger charge is 2.48. The molecule has 0 spiro atoms. The van der Waals surface area contributed by atoms with E-state index in [2.05, 4.69) is 25.0 Å². The van der Waals surface area contributed by atoms with Crippen LogP contribution in [0.5, 0.6) is 0 Å². The topological polar surface area (TPSA) is 162 Å². The number of aromatic nitrogens is 4. The number of nitrogens with one attached hydrogen (secondary N) is 1. The van der Waals surface area contributed by atoms with Gasteiger partial charge in [0.1, 0.15) is 11.8 Å². The maximum Gasteiger partial charge on any atom is 0.278 e. The van der Waals surface area contributed by atoms with Crippen molar-refractivity contribution in [2.24, 2.45) is 5.11 Å². The van der Waals surface area contributed by atoms with E-state index in [0.29, 0.717) is 5.65 Å². The molecule has 22 heavy (non-hydrogen) atoms. The average molecular weight is 307 g/mol. The number of ether oxygens (including phenoxy) is 1. The molecular weight excluding hydrogens is 294 g/mol. The Labute approximate surface area is 122 Å². The van der Waals surface area contributed by atoms with Crippen LogP contribution in [-0.2, 0) is 4.74 Å². The first-order valence-corrected chi connectivity index (χ1v) is 6.49. The highest BCUT2D eigenvalue weighted by atomic mass is 16.6. The lowest BCUT2D eigenvalue weighted by atomic mass is 9.98. The third-order valence-electron chi connectivity index (χ3n) is 3.75. The number of azide groups is 1. The van der Waals surface area contributed by atoms with Gasteiger partial charge in [0, 0.05) is 11.3 Å². The fraction of sp³-hybridized carbons (Fsp3) is 0.545. The fourth-order valence-corrected chi connectivity index (χ4v) is 2.53. The molecule has 116 valence electrons. The lowest BCUT2D eigenvalue weighted by Gasteiger charge is -2.28. The monoisotopic (exact) mass is 307 g/mol. The number of aliphatic hydroxyl groups is 2. The Hall–Kier alpha value is -2.46. The van der Waals surface area contributed by atoms with Crippen molar-refractivity contribution in [3.8, 4) is 0 Å². The summed E-state index contributed by atoms with van der Waals surface area (Å²) < 4.78 is 7.21. The van der Waals surface area contributed by atoms with Gasteiger partial charge in [-0.3, -0.25) is 9.36 Å². The number of aromatic amines is 1. The van der Waals surface area contributed by atoms with Crippen molar-refractivity contribution in [2.75, 3.05) is 13.2 Å². The van der Waals surface area contributed by atoms with E-state index >= 15 is 0 Å². The highest BCUT2D eigenvalue weighted by Crippen LogP contribution is 2.37. The quantitative estimate of drug-likeness (QED) is 0.389. The zero-order valence-corrected chi connectivity index (χ0v) is 11.3. The van der Waals surface area contributed by atoms with Crippen molar-refractivity contribution in [1.29, 1.82) is 0 Å². The fourth-order valence-electron chi connectivity index (χ4n) is 2.53. The Balaban J connectivity index is 1.98. The van der Waals surface area contributed by atoms with Gasteiger partial charge in [0.2, 0.25) is 0 Å². The number of fused-ring (bicyclic) bond motifs is 1. The number of nitrogens with zero attached hydrogens (tertiary/aromatic N) is 6. The first-order valence-electron chi connectivity index (χ1n) is 6.49. The average Bonchev–Trinajstić information content (AvgIpc) is 3.08. The van der Waals surface area contributed by atoms with Gasteiger partial charge in [0.05, 0.1) is 31.9 Å². The van der Waals surface area contributed by atoms with E-state index in [1.165, 1.54) is 17.2 Å². The van der Waals surface area contributed by atoms with Gasteiger partial charge in [-0.05, 0) is 5.53 Å². The molecule has 11 heteroatoms. The summed E-state index contributed by atoms with van der Waals surface area (Å²) in [4.78, 5) is 24.7. The maximum absolute atomic E-state index is 11.6. The smallest absolute Gasteiger partial charge is 0.278 e. The van der Waals surface area contributed by atoms with Gasteiger partial charge in [-0.25, -0.2) is 9.97 Å². The number of imidazole rings is 1. The number of rotatable bonds is 4. The molecule has 3 atom stereocenters. The van der Waals surface area contributed by atoms with Crippen LogP contribution in [0.4, 0.5) is 0 Å². The Morgan fingerprint density at radius 2 is 2.45 bits per heavy atom. The van der Waals surface area contributed by atoms with Crippen molar-refractivity contribution in [3.05, 3.63) is 33.5 Å². The standard InChI is InChI=1S/C11H13N7O4/c12-17-16-2-11(3-19)6(20)1-7(22-11)18-5-15-8-9(18)13-4-14-10(8)21/h4-7,19-20H,1-3H2,(H,13,14,21)/t6-,7-,11+/m0/s1. The van der Waals surface area contributed by atoms with Gasteiger partial charge in [-0.15, -0.1) is 0 Å². The zero-order chi connectivity index (χ0) is 15.7. The molecule has 0 unspecified atom stereocenters. The molecule has 2 aromatic heterocycles. The molecule has 0 amide bonds. The molecule has 1 aliphatic heterocycles. The molecule has 11 nitrogen and oxygen atoms in total. The number of aliphatic hydroxyl groups excluding tert-OH is 2. The normalized spacial score (nSPS) is 27.9. The van der Waals surface area contributed by atoms with E-state index in [0.717, 1.165) is 0 Å². The van der Waals surface area contributed by atoms with Crippen molar-refractivity contribution in [2.45, 2.75) is 24.4 Å². The molecule has 1 fully saturated rings. The van der Waals surface area contributed by atoms with E-state index < -0.39 is 24.5 Å². The summed E-state index contributed by atoms with van der Waals surface area (Å²) in [5.41, 5.74) is 7.11. The van der Waals surface area contributed by atoms with Crippen LogP contribution in [0.15, 0.2) is 22.6 Å². The summed E-state index contributed by atoms with van der Waals surface area (Å²) in [5, 5.41) is 23.1. The number of H-pyrrole nitrogens is 1. The summed E-state index contributed by atoms with van der Waals surface area (Å²) in [5.74, 6) is 0. The summed E-state index contributed by atoms with van der Waals surface area (Å²) >= 11 is 0. The summed E-state index contributed by atoms with van der Waals surface area (Å²) in [6.07, 6.45) is 1.04. The van der Waals surface area contributed by atoms with Crippen molar-refractivity contribution < 1.29 is 14.9 Å². The number of hydrogen-bond acceptors (Lipinski definition) is 7. The predicted molar refractivity (Wildman–Crippen MR) is 72.7 cm³/mol. The van der Waals surface area contributed by atoms with Gasteiger partial charge in [0.15, 0.2) is 11.2 Å². The van der Waals surface area contributed by atoms with Crippen LogP contribution in [-0.4, -0.2) is 54.6 Å². The van der Waals surface area contributed by atoms with Gasteiger partial charge in [0.25, 0.3) is 5.56 Å². The molecule has 0 radical (unpaired) electrons. The number of hydrogen-bond donors (Lipinski definition) is 3. The maximum atomic E-state index is 11.6. The molecule has 1 saturated heterocycles.